The van der Waals surface area contributed by atoms with Gasteiger partial charge in [-0.25, -0.2) is 9.97 Å². The highest BCUT2D eigenvalue weighted by molar-refractivity contribution is 6.62. The van der Waals surface area contributed by atoms with Crippen molar-refractivity contribution in [2.45, 2.75) is 84.7 Å². The van der Waals surface area contributed by atoms with E-state index in [0.717, 1.165) is 49.8 Å². The average molecular weight is 689 g/mol. The first kappa shape index (κ1) is 34.5. The molecule has 0 N–H and O–H groups in total. The summed E-state index contributed by atoms with van der Waals surface area (Å²) in [6.45, 7) is 18.6. The molecule has 2 aliphatic rings. The van der Waals surface area contributed by atoms with E-state index in [4.69, 9.17) is 35.2 Å². The van der Waals surface area contributed by atoms with Crippen molar-refractivity contribution in [2.75, 3.05) is 0 Å². The van der Waals surface area contributed by atoms with Crippen molar-refractivity contribution in [3.63, 3.8) is 0 Å². The Bertz CT molecular complexity index is 1990. The molecule has 2 fully saturated rings. The molecule has 6 aromatic rings. The number of aromatic nitrogens is 4. The molecule has 8 nitrogen and oxygen atoms in total. The van der Waals surface area contributed by atoms with Crippen molar-refractivity contribution in [1.29, 1.82) is 0 Å². The Kier molecular flexibility index (Phi) is 8.56. The molecular weight excluding hydrogens is 646 g/mol. The van der Waals surface area contributed by atoms with Crippen molar-refractivity contribution < 1.29 is 18.6 Å². The third kappa shape index (κ3) is 6.51. The Morgan fingerprint density at radius 3 is 1.24 bits per heavy atom. The summed E-state index contributed by atoms with van der Waals surface area (Å²) in [4.78, 5) is 9.39. The number of fused-ring (bicyclic) bond motifs is 2. The van der Waals surface area contributed by atoms with Crippen LogP contribution in [0.4, 0.5) is 0 Å². The van der Waals surface area contributed by atoms with Gasteiger partial charge >= 0.3 is 14.2 Å². The number of hydrogen-bond acceptors (Lipinski definition) is 6. The molecule has 2 aromatic carbocycles. The van der Waals surface area contributed by atoms with Crippen molar-refractivity contribution >= 4 is 48.1 Å². The number of imidazole rings is 2. The first-order valence-electron chi connectivity index (χ1n) is 17.0. The van der Waals surface area contributed by atoms with Crippen LogP contribution in [0, 0.1) is 6.92 Å². The molecule has 0 atom stereocenters. The van der Waals surface area contributed by atoms with E-state index in [1.807, 2.05) is 75.9 Å². The van der Waals surface area contributed by atoms with Crippen LogP contribution in [0.25, 0.3) is 33.8 Å². The highest BCUT2D eigenvalue weighted by atomic mass is 35.5. The zero-order valence-corrected chi connectivity index (χ0v) is 30.9. The van der Waals surface area contributed by atoms with Gasteiger partial charge in [-0.15, -0.1) is 0 Å². The number of halogens is 1. The second kappa shape index (κ2) is 12.4. The standard InChI is InChI=1S/C20H23BN2O2.C19H20BClN2O2/c1-14-6-8-15(9-7-14)17-13-23-12-16(10-11-18(23)22-17)21-24-19(2,3)20(4,5)25-21;1-18(2)19(3,4)25-20(24-18)14-7-10-17-22-16(12-23(17)11-14)13-5-8-15(21)9-6-13/h6-13H,1-5H3;5-12H,1-4H3. The van der Waals surface area contributed by atoms with Crippen molar-refractivity contribution in [1.82, 2.24) is 18.8 Å². The number of rotatable bonds is 4. The summed E-state index contributed by atoms with van der Waals surface area (Å²) in [5.74, 6) is 0. The maximum Gasteiger partial charge on any atom is 0.496 e. The topological polar surface area (TPSA) is 71.5 Å². The summed E-state index contributed by atoms with van der Waals surface area (Å²) in [6.07, 6.45) is 8.12. The fraction of sp³-hybridized carbons (Fsp3) is 0.333. The summed E-state index contributed by atoms with van der Waals surface area (Å²) in [5, 5.41) is 0.718. The molecule has 0 aliphatic carbocycles. The Balaban J connectivity index is 0.000000157. The van der Waals surface area contributed by atoms with E-state index in [2.05, 4.69) is 97.8 Å². The van der Waals surface area contributed by atoms with Gasteiger partial charge in [0.05, 0.1) is 33.8 Å². The van der Waals surface area contributed by atoms with Gasteiger partial charge in [0, 0.05) is 40.9 Å². The van der Waals surface area contributed by atoms with Crippen LogP contribution in [-0.2, 0) is 18.6 Å². The van der Waals surface area contributed by atoms with E-state index in [0.29, 0.717) is 0 Å². The average Bonchev–Trinajstić information content (AvgIpc) is 3.78. The number of aryl methyl sites for hydroxylation is 1. The van der Waals surface area contributed by atoms with Gasteiger partial charge < -0.3 is 27.4 Å². The monoisotopic (exact) mass is 688 g/mol. The maximum atomic E-state index is 6.15. The van der Waals surface area contributed by atoms with Crippen LogP contribution in [0.5, 0.6) is 0 Å². The molecule has 0 saturated carbocycles. The van der Waals surface area contributed by atoms with Gasteiger partial charge in [0.1, 0.15) is 11.3 Å². The van der Waals surface area contributed by atoms with Gasteiger partial charge in [0.25, 0.3) is 0 Å². The van der Waals surface area contributed by atoms with Crippen LogP contribution in [-0.4, -0.2) is 55.4 Å². The van der Waals surface area contributed by atoms with Crippen LogP contribution in [0.1, 0.15) is 61.0 Å². The molecule has 8 rings (SSSR count). The molecule has 0 bridgehead atoms. The van der Waals surface area contributed by atoms with Crippen LogP contribution in [0.3, 0.4) is 0 Å². The van der Waals surface area contributed by atoms with E-state index in [1.165, 1.54) is 5.56 Å². The summed E-state index contributed by atoms with van der Waals surface area (Å²) in [5.41, 5.74) is 7.65. The molecule has 2 aliphatic heterocycles. The summed E-state index contributed by atoms with van der Waals surface area (Å²) in [7, 11) is -0.740. The lowest BCUT2D eigenvalue weighted by Crippen LogP contribution is -2.41. The quantitative estimate of drug-likeness (QED) is 0.178. The second-order valence-corrected chi connectivity index (χ2v) is 15.7. The Morgan fingerprint density at radius 1 is 0.500 bits per heavy atom. The van der Waals surface area contributed by atoms with Crippen LogP contribution in [0.15, 0.2) is 97.6 Å². The minimum absolute atomic E-state index is 0.339. The fourth-order valence-corrected chi connectivity index (χ4v) is 6.00. The number of nitrogens with zero attached hydrogens (tertiary/aromatic N) is 4. The van der Waals surface area contributed by atoms with Crippen molar-refractivity contribution in [2.24, 2.45) is 0 Å². The fourth-order valence-electron chi connectivity index (χ4n) is 5.88. The molecule has 256 valence electrons. The van der Waals surface area contributed by atoms with Crippen LogP contribution < -0.4 is 10.9 Å². The maximum absolute atomic E-state index is 6.15. The minimum Gasteiger partial charge on any atom is -0.399 e. The number of benzene rings is 2. The predicted molar refractivity (Wildman–Crippen MR) is 202 cm³/mol. The normalized spacial score (nSPS) is 18.8. The highest BCUT2D eigenvalue weighted by Gasteiger charge is 2.52. The van der Waals surface area contributed by atoms with E-state index in [-0.39, 0.29) is 36.6 Å². The smallest absolute Gasteiger partial charge is 0.399 e. The molecule has 4 aromatic heterocycles. The number of hydrogen-bond donors (Lipinski definition) is 0. The molecular formula is C39H43B2ClN4O4. The molecule has 2 saturated heterocycles. The van der Waals surface area contributed by atoms with Gasteiger partial charge in [0.2, 0.25) is 0 Å². The molecule has 6 heterocycles. The first-order chi connectivity index (χ1) is 23.5. The minimum atomic E-state index is -0.379. The summed E-state index contributed by atoms with van der Waals surface area (Å²) >= 11 is 5.96. The van der Waals surface area contributed by atoms with Gasteiger partial charge in [-0.2, -0.15) is 0 Å². The lowest BCUT2D eigenvalue weighted by Gasteiger charge is -2.32. The lowest BCUT2D eigenvalue weighted by atomic mass is 9.80. The Morgan fingerprint density at radius 2 is 0.860 bits per heavy atom. The predicted octanol–water partition coefficient (Wildman–Crippen LogP) is 7.56. The molecule has 0 unspecified atom stereocenters. The van der Waals surface area contributed by atoms with Gasteiger partial charge in [-0.3, -0.25) is 0 Å². The second-order valence-electron chi connectivity index (χ2n) is 15.3. The molecule has 0 spiro atoms. The van der Waals surface area contributed by atoms with Gasteiger partial charge in [-0.05, 0) is 97.5 Å². The van der Waals surface area contributed by atoms with Crippen molar-refractivity contribution in [3.8, 4) is 22.5 Å². The molecule has 11 heteroatoms. The van der Waals surface area contributed by atoms with Crippen LogP contribution in [0.2, 0.25) is 5.02 Å². The van der Waals surface area contributed by atoms with E-state index in [1.54, 1.807) is 0 Å². The van der Waals surface area contributed by atoms with Gasteiger partial charge in [-0.1, -0.05) is 65.7 Å². The first-order valence-corrected chi connectivity index (χ1v) is 17.4. The van der Waals surface area contributed by atoms with E-state index >= 15 is 0 Å². The van der Waals surface area contributed by atoms with Crippen molar-refractivity contribution in [3.05, 3.63) is 108 Å². The zero-order valence-electron chi connectivity index (χ0n) is 30.2. The molecule has 0 radical (unpaired) electrons. The Hall–Kier alpha value is -3.92. The van der Waals surface area contributed by atoms with E-state index < -0.39 is 0 Å². The SMILES string of the molecule is CC1(C)OB(c2ccc3nc(-c4ccc(Cl)cc4)cn3c2)OC1(C)C.Cc1ccc(-c2cn3cc(B4OC(C)(C)C(C)(C)O4)ccc3n2)cc1. The summed E-state index contributed by atoms with van der Waals surface area (Å²) in [6, 6.07) is 24.1. The van der Waals surface area contributed by atoms with Crippen LogP contribution >= 0.6 is 11.6 Å². The largest absolute Gasteiger partial charge is 0.496 e. The van der Waals surface area contributed by atoms with Gasteiger partial charge in [0.15, 0.2) is 0 Å². The summed E-state index contributed by atoms with van der Waals surface area (Å²) < 4.78 is 28.6. The highest BCUT2D eigenvalue weighted by Crippen LogP contribution is 2.37. The Labute approximate surface area is 300 Å². The third-order valence-electron chi connectivity index (χ3n) is 10.5. The van der Waals surface area contributed by atoms with E-state index in [9.17, 15) is 0 Å². The molecule has 0 amide bonds. The lowest BCUT2D eigenvalue weighted by molar-refractivity contribution is 0.00578. The number of pyridine rings is 2. The third-order valence-corrected chi connectivity index (χ3v) is 10.7. The molecule has 50 heavy (non-hydrogen) atoms. The zero-order chi connectivity index (χ0) is 35.6.